The van der Waals surface area contributed by atoms with E-state index < -0.39 is 5.82 Å². The molecule has 0 radical (unpaired) electrons. The van der Waals surface area contributed by atoms with Crippen LogP contribution in [0.15, 0.2) is 29.1 Å². The highest BCUT2D eigenvalue weighted by molar-refractivity contribution is 6.27. The van der Waals surface area contributed by atoms with E-state index in [-0.39, 0.29) is 35.3 Å². The molecule has 3 rings (SSSR count). The first-order valence-corrected chi connectivity index (χ1v) is 7.34. The molecule has 1 N–H and O–H groups in total. The number of halogens is 2. The van der Waals surface area contributed by atoms with Gasteiger partial charge in [-0.05, 0) is 12.1 Å². The first-order valence-electron chi connectivity index (χ1n) is 6.81. The fourth-order valence-corrected chi connectivity index (χ4v) is 2.67. The number of amides is 1. The molecule has 1 aliphatic rings. The molecule has 2 heterocycles. The Bertz CT molecular complexity index is 791. The smallest absolute Gasteiger partial charge is 0.256 e. The predicted octanol–water partition coefficient (Wildman–Crippen LogP) is 1.70. The van der Waals surface area contributed by atoms with Gasteiger partial charge in [-0.2, -0.15) is 0 Å². The number of fused-ring (bicyclic) bond motifs is 1. The summed E-state index contributed by atoms with van der Waals surface area (Å²) in [7, 11) is 0. The van der Waals surface area contributed by atoms with E-state index in [0.717, 1.165) is 0 Å². The van der Waals surface area contributed by atoms with Crippen LogP contribution in [0.2, 0.25) is 0 Å². The monoisotopic (exact) mass is 321 g/mol. The predicted molar refractivity (Wildman–Crippen MR) is 80.1 cm³/mol. The molecule has 1 aromatic carbocycles. The van der Waals surface area contributed by atoms with Crippen LogP contribution in [0.5, 0.6) is 0 Å². The second kappa shape index (κ2) is 5.88. The van der Waals surface area contributed by atoms with Crippen molar-refractivity contribution < 1.29 is 9.18 Å². The van der Waals surface area contributed by atoms with Crippen LogP contribution >= 0.6 is 11.6 Å². The SMILES string of the molecule is O=C(CCl)N1CCc2nc(-c3ccccc3F)[nH]c(=O)c2C1. The summed E-state index contributed by atoms with van der Waals surface area (Å²) in [5.74, 6) is -0.572. The molecule has 7 heteroatoms. The lowest BCUT2D eigenvalue weighted by Crippen LogP contribution is -2.40. The third-order valence-electron chi connectivity index (χ3n) is 3.66. The average molecular weight is 322 g/mol. The van der Waals surface area contributed by atoms with Crippen LogP contribution in [-0.2, 0) is 17.8 Å². The second-order valence-corrected chi connectivity index (χ2v) is 5.29. The summed E-state index contributed by atoms with van der Waals surface area (Å²) < 4.78 is 13.8. The van der Waals surface area contributed by atoms with Gasteiger partial charge in [0.15, 0.2) is 0 Å². The first-order chi connectivity index (χ1) is 10.6. The van der Waals surface area contributed by atoms with E-state index in [1.807, 2.05) is 0 Å². The highest BCUT2D eigenvalue weighted by Crippen LogP contribution is 2.21. The van der Waals surface area contributed by atoms with Gasteiger partial charge in [0.1, 0.15) is 17.5 Å². The topological polar surface area (TPSA) is 66.1 Å². The molecule has 0 saturated carbocycles. The lowest BCUT2D eigenvalue weighted by atomic mass is 10.1. The number of carbonyl (C=O) groups is 1. The van der Waals surface area contributed by atoms with Crippen molar-refractivity contribution in [2.75, 3.05) is 12.4 Å². The molecule has 1 aromatic heterocycles. The van der Waals surface area contributed by atoms with E-state index >= 15 is 0 Å². The fraction of sp³-hybridized carbons (Fsp3) is 0.267. The number of aromatic nitrogens is 2. The van der Waals surface area contributed by atoms with Crippen LogP contribution in [0.4, 0.5) is 4.39 Å². The Balaban J connectivity index is 2.01. The fourth-order valence-electron chi connectivity index (χ4n) is 2.50. The molecule has 0 unspecified atom stereocenters. The van der Waals surface area contributed by atoms with Crippen molar-refractivity contribution in [3.8, 4) is 11.4 Å². The van der Waals surface area contributed by atoms with E-state index in [2.05, 4.69) is 9.97 Å². The number of benzene rings is 1. The number of nitrogens with one attached hydrogen (secondary N) is 1. The maximum Gasteiger partial charge on any atom is 0.256 e. The van der Waals surface area contributed by atoms with Crippen molar-refractivity contribution in [2.24, 2.45) is 0 Å². The van der Waals surface area contributed by atoms with E-state index in [1.165, 1.54) is 11.0 Å². The van der Waals surface area contributed by atoms with Crippen molar-refractivity contribution in [3.05, 3.63) is 51.7 Å². The summed E-state index contributed by atoms with van der Waals surface area (Å²) >= 11 is 5.54. The van der Waals surface area contributed by atoms with E-state index in [1.54, 1.807) is 18.2 Å². The third-order valence-corrected chi connectivity index (χ3v) is 3.89. The zero-order chi connectivity index (χ0) is 15.7. The molecule has 2 aromatic rings. The Kier molecular flexibility index (Phi) is 3.94. The molecule has 0 spiro atoms. The average Bonchev–Trinajstić information content (AvgIpc) is 2.54. The summed E-state index contributed by atoms with van der Waals surface area (Å²) in [5, 5.41) is 0. The molecule has 1 aliphatic heterocycles. The highest BCUT2D eigenvalue weighted by Gasteiger charge is 2.24. The molecule has 114 valence electrons. The van der Waals surface area contributed by atoms with Gasteiger partial charge in [-0.1, -0.05) is 12.1 Å². The van der Waals surface area contributed by atoms with Gasteiger partial charge in [-0.3, -0.25) is 9.59 Å². The Morgan fingerprint density at radius 3 is 2.91 bits per heavy atom. The third kappa shape index (κ3) is 2.62. The molecule has 0 fully saturated rings. The second-order valence-electron chi connectivity index (χ2n) is 5.02. The normalized spacial score (nSPS) is 13.8. The first kappa shape index (κ1) is 14.7. The van der Waals surface area contributed by atoms with Gasteiger partial charge in [0, 0.05) is 13.0 Å². The summed E-state index contributed by atoms with van der Waals surface area (Å²) in [6.45, 7) is 0.631. The van der Waals surface area contributed by atoms with E-state index in [4.69, 9.17) is 11.6 Å². The highest BCUT2D eigenvalue weighted by atomic mass is 35.5. The van der Waals surface area contributed by atoms with Crippen LogP contribution in [0, 0.1) is 5.82 Å². The molecule has 22 heavy (non-hydrogen) atoms. The maximum atomic E-state index is 13.8. The minimum Gasteiger partial charge on any atom is -0.337 e. The van der Waals surface area contributed by atoms with E-state index in [0.29, 0.717) is 24.2 Å². The lowest BCUT2D eigenvalue weighted by molar-refractivity contribution is -0.129. The molecular formula is C15H13ClFN3O2. The zero-order valence-corrected chi connectivity index (χ0v) is 12.4. The Morgan fingerprint density at radius 1 is 1.41 bits per heavy atom. The van der Waals surface area contributed by atoms with E-state index in [9.17, 15) is 14.0 Å². The van der Waals surface area contributed by atoms with Crippen molar-refractivity contribution in [1.82, 2.24) is 14.9 Å². The number of alkyl halides is 1. The van der Waals surface area contributed by atoms with Crippen LogP contribution < -0.4 is 5.56 Å². The number of hydrogen-bond acceptors (Lipinski definition) is 3. The number of aromatic amines is 1. The van der Waals surface area contributed by atoms with Gasteiger partial charge in [0.25, 0.3) is 5.56 Å². The van der Waals surface area contributed by atoms with Crippen molar-refractivity contribution >= 4 is 17.5 Å². The van der Waals surface area contributed by atoms with Gasteiger partial charge in [-0.15, -0.1) is 11.6 Å². The number of H-pyrrole nitrogens is 1. The standard InChI is InChI=1S/C15H13ClFN3O2/c16-7-13(21)20-6-5-12-10(8-20)15(22)19-14(18-12)9-3-1-2-4-11(9)17/h1-4H,5-8H2,(H,18,19,22). The van der Waals surface area contributed by atoms with Crippen LogP contribution in [0.1, 0.15) is 11.3 Å². The Morgan fingerprint density at radius 2 is 2.18 bits per heavy atom. The minimum atomic E-state index is -0.444. The minimum absolute atomic E-state index is 0.117. The largest absolute Gasteiger partial charge is 0.337 e. The summed E-state index contributed by atoms with van der Waals surface area (Å²) in [6, 6.07) is 6.13. The number of rotatable bonds is 2. The molecule has 0 saturated heterocycles. The molecule has 1 amide bonds. The molecular weight excluding hydrogens is 309 g/mol. The van der Waals surface area contributed by atoms with Crippen molar-refractivity contribution in [1.29, 1.82) is 0 Å². The summed E-state index contributed by atoms with van der Waals surface area (Å²) in [5.41, 5.74) is 0.933. The van der Waals surface area contributed by atoms with Crippen molar-refractivity contribution in [2.45, 2.75) is 13.0 Å². The summed E-state index contributed by atoms with van der Waals surface area (Å²) in [6.07, 6.45) is 0.448. The Hall–Kier alpha value is -2.21. The number of hydrogen-bond donors (Lipinski definition) is 1. The number of carbonyl (C=O) groups excluding carboxylic acids is 1. The van der Waals surface area contributed by atoms with Gasteiger partial charge in [0.2, 0.25) is 5.91 Å². The Labute approximate surface area is 130 Å². The van der Waals surface area contributed by atoms with Gasteiger partial charge >= 0.3 is 0 Å². The lowest BCUT2D eigenvalue weighted by Gasteiger charge is -2.27. The zero-order valence-electron chi connectivity index (χ0n) is 11.6. The molecule has 5 nitrogen and oxygen atoms in total. The van der Waals surface area contributed by atoms with Gasteiger partial charge in [0.05, 0.1) is 23.4 Å². The molecule has 0 bridgehead atoms. The van der Waals surface area contributed by atoms with Crippen LogP contribution in [0.3, 0.4) is 0 Å². The summed E-state index contributed by atoms with van der Waals surface area (Å²) in [4.78, 5) is 32.3. The maximum absolute atomic E-state index is 13.8. The van der Waals surface area contributed by atoms with Crippen LogP contribution in [-0.4, -0.2) is 33.2 Å². The van der Waals surface area contributed by atoms with Crippen molar-refractivity contribution in [3.63, 3.8) is 0 Å². The van der Waals surface area contributed by atoms with Gasteiger partial charge < -0.3 is 9.88 Å². The number of nitrogens with zero attached hydrogens (tertiary/aromatic N) is 2. The quantitative estimate of drug-likeness (QED) is 0.856. The molecule has 0 atom stereocenters. The molecule has 0 aliphatic carbocycles. The van der Waals surface area contributed by atoms with Crippen LogP contribution in [0.25, 0.3) is 11.4 Å². The van der Waals surface area contributed by atoms with Gasteiger partial charge in [-0.25, -0.2) is 9.37 Å².